The maximum absolute atomic E-state index is 12.4. The lowest BCUT2D eigenvalue weighted by molar-refractivity contribution is -0.190. The van der Waals surface area contributed by atoms with Gasteiger partial charge in [0.2, 0.25) is 5.88 Å². The number of esters is 1. The molecule has 2 fully saturated rings. The van der Waals surface area contributed by atoms with Crippen molar-refractivity contribution in [3.63, 3.8) is 0 Å². The maximum atomic E-state index is 12.4. The molecule has 1 aliphatic carbocycles. The van der Waals surface area contributed by atoms with E-state index in [1.807, 2.05) is 0 Å². The summed E-state index contributed by atoms with van der Waals surface area (Å²) in [5.74, 6) is -0.938. The highest BCUT2D eigenvalue weighted by atomic mass is 19.4. The standard InChI is InChI=1S/C13H11F3N4O2/c14-13(15,16)12(21)22-9-3-1-2-8-18-19-11(20(8)9)10-6-4-17-5-7(6)10/h1-3,6-7,10,17H,4-5H2. The minimum atomic E-state index is -5.05. The Labute approximate surface area is 122 Å². The second-order valence-corrected chi connectivity index (χ2v) is 5.51. The number of nitrogens with one attached hydrogen (secondary N) is 1. The van der Waals surface area contributed by atoms with Crippen molar-refractivity contribution in [2.45, 2.75) is 12.1 Å². The summed E-state index contributed by atoms with van der Waals surface area (Å²) in [4.78, 5) is 11.1. The molecule has 1 aliphatic heterocycles. The van der Waals surface area contributed by atoms with Crippen molar-refractivity contribution >= 4 is 11.6 Å². The van der Waals surface area contributed by atoms with Crippen molar-refractivity contribution in [2.24, 2.45) is 11.8 Å². The number of carbonyl (C=O) groups excluding carboxylic acids is 1. The number of nitrogens with zero attached hydrogens (tertiary/aromatic N) is 3. The molecule has 6 nitrogen and oxygen atoms in total. The second kappa shape index (κ2) is 4.42. The number of fused-ring (bicyclic) bond motifs is 2. The van der Waals surface area contributed by atoms with E-state index < -0.39 is 12.1 Å². The predicted octanol–water partition coefficient (Wildman–Crippen LogP) is 1.13. The highest BCUT2D eigenvalue weighted by molar-refractivity contribution is 5.78. The zero-order valence-corrected chi connectivity index (χ0v) is 11.2. The molecule has 4 rings (SSSR count). The van der Waals surface area contributed by atoms with Crippen molar-refractivity contribution in [3.05, 3.63) is 24.0 Å². The average molecular weight is 312 g/mol. The van der Waals surface area contributed by atoms with E-state index in [0.717, 1.165) is 13.1 Å². The second-order valence-electron chi connectivity index (χ2n) is 5.51. The fourth-order valence-corrected chi connectivity index (χ4v) is 3.18. The van der Waals surface area contributed by atoms with Gasteiger partial charge in [-0.1, -0.05) is 6.07 Å². The number of halogens is 3. The van der Waals surface area contributed by atoms with E-state index in [0.29, 0.717) is 23.3 Å². The molecule has 1 N–H and O–H groups in total. The lowest BCUT2D eigenvalue weighted by Crippen LogP contribution is -2.28. The number of pyridine rings is 1. The van der Waals surface area contributed by atoms with Crippen molar-refractivity contribution in [3.8, 4) is 5.88 Å². The van der Waals surface area contributed by atoms with Crippen LogP contribution >= 0.6 is 0 Å². The van der Waals surface area contributed by atoms with Crippen LogP contribution in [-0.4, -0.2) is 39.8 Å². The van der Waals surface area contributed by atoms with E-state index in [1.165, 1.54) is 16.5 Å². The van der Waals surface area contributed by atoms with Gasteiger partial charge in [-0.25, -0.2) is 9.20 Å². The molecule has 2 aromatic heterocycles. The monoisotopic (exact) mass is 312 g/mol. The molecule has 0 aromatic carbocycles. The van der Waals surface area contributed by atoms with Crippen molar-refractivity contribution < 1.29 is 22.7 Å². The molecular formula is C13H11F3N4O2. The number of hydrogen-bond donors (Lipinski definition) is 1. The summed E-state index contributed by atoms with van der Waals surface area (Å²) >= 11 is 0. The van der Waals surface area contributed by atoms with Gasteiger partial charge < -0.3 is 10.1 Å². The van der Waals surface area contributed by atoms with E-state index in [-0.39, 0.29) is 11.8 Å². The van der Waals surface area contributed by atoms with Gasteiger partial charge in [0, 0.05) is 5.92 Å². The molecule has 2 atom stereocenters. The van der Waals surface area contributed by atoms with Crippen LogP contribution in [-0.2, 0) is 4.79 Å². The van der Waals surface area contributed by atoms with E-state index in [1.54, 1.807) is 6.07 Å². The third-order valence-corrected chi connectivity index (χ3v) is 4.24. The third-order valence-electron chi connectivity index (χ3n) is 4.24. The number of hydrogen-bond acceptors (Lipinski definition) is 5. The number of piperidine rings is 1. The Morgan fingerprint density at radius 2 is 2.00 bits per heavy atom. The number of alkyl halides is 3. The molecule has 116 valence electrons. The van der Waals surface area contributed by atoms with Crippen LogP contribution in [0.2, 0.25) is 0 Å². The molecular weight excluding hydrogens is 301 g/mol. The first-order chi connectivity index (χ1) is 10.5. The molecule has 0 amide bonds. The first-order valence-corrected chi connectivity index (χ1v) is 6.80. The molecule has 0 spiro atoms. The smallest absolute Gasteiger partial charge is 0.402 e. The Hall–Kier alpha value is -2.16. The molecule has 1 saturated heterocycles. The SMILES string of the molecule is O=C(Oc1cccc2nnc(C3C4CNCC43)n12)C(F)(F)F. The van der Waals surface area contributed by atoms with Crippen LogP contribution in [0.1, 0.15) is 11.7 Å². The van der Waals surface area contributed by atoms with Gasteiger partial charge in [-0.15, -0.1) is 10.2 Å². The number of ether oxygens (including phenoxy) is 1. The first-order valence-electron chi connectivity index (χ1n) is 6.80. The molecule has 9 heteroatoms. The zero-order chi connectivity index (χ0) is 15.5. The van der Waals surface area contributed by atoms with Crippen molar-refractivity contribution in [1.29, 1.82) is 0 Å². The largest absolute Gasteiger partial charge is 0.491 e. The maximum Gasteiger partial charge on any atom is 0.491 e. The normalized spacial score (nSPS) is 27.0. The number of rotatable bonds is 2. The Morgan fingerprint density at radius 3 is 2.68 bits per heavy atom. The van der Waals surface area contributed by atoms with Gasteiger partial charge in [0.1, 0.15) is 5.82 Å². The van der Waals surface area contributed by atoms with Gasteiger partial charge >= 0.3 is 12.1 Å². The van der Waals surface area contributed by atoms with E-state index in [9.17, 15) is 18.0 Å². The van der Waals surface area contributed by atoms with Gasteiger partial charge in [-0.2, -0.15) is 13.2 Å². The molecule has 2 aliphatic rings. The topological polar surface area (TPSA) is 68.5 Å². The average Bonchev–Trinajstić information content (AvgIpc) is 2.86. The quantitative estimate of drug-likeness (QED) is 0.842. The van der Waals surface area contributed by atoms with Crippen LogP contribution < -0.4 is 10.1 Å². The van der Waals surface area contributed by atoms with E-state index in [4.69, 9.17) is 0 Å². The molecule has 2 aromatic rings. The first kappa shape index (κ1) is 13.5. The highest BCUT2D eigenvalue weighted by Crippen LogP contribution is 2.55. The molecule has 2 unspecified atom stereocenters. The van der Waals surface area contributed by atoms with Crippen molar-refractivity contribution in [2.75, 3.05) is 13.1 Å². The molecule has 22 heavy (non-hydrogen) atoms. The lowest BCUT2D eigenvalue weighted by atomic mass is 10.2. The lowest BCUT2D eigenvalue weighted by Gasteiger charge is -2.10. The van der Waals surface area contributed by atoms with Crippen LogP contribution in [0.4, 0.5) is 13.2 Å². The van der Waals surface area contributed by atoms with Crippen LogP contribution in [0, 0.1) is 11.8 Å². The van der Waals surface area contributed by atoms with Gasteiger partial charge in [-0.3, -0.25) is 0 Å². The molecule has 3 heterocycles. The minimum absolute atomic E-state index is 0.141. The Balaban J connectivity index is 1.73. The van der Waals surface area contributed by atoms with Gasteiger partial charge in [0.05, 0.1) is 0 Å². The fraction of sp³-hybridized carbons (Fsp3) is 0.462. The predicted molar refractivity (Wildman–Crippen MR) is 67.3 cm³/mol. The zero-order valence-electron chi connectivity index (χ0n) is 11.2. The summed E-state index contributed by atoms with van der Waals surface area (Å²) in [5, 5.41) is 11.3. The summed E-state index contributed by atoms with van der Waals surface area (Å²) in [7, 11) is 0. The van der Waals surface area contributed by atoms with E-state index in [2.05, 4.69) is 20.3 Å². The van der Waals surface area contributed by atoms with Crippen LogP contribution in [0.3, 0.4) is 0 Å². The van der Waals surface area contributed by atoms with E-state index >= 15 is 0 Å². The molecule has 0 bridgehead atoms. The number of aromatic nitrogens is 3. The van der Waals surface area contributed by atoms with Crippen molar-refractivity contribution in [1.82, 2.24) is 19.9 Å². The van der Waals surface area contributed by atoms with Gasteiger partial charge in [0.25, 0.3) is 0 Å². The summed E-state index contributed by atoms with van der Waals surface area (Å²) in [5.41, 5.74) is 0.361. The van der Waals surface area contributed by atoms with Gasteiger partial charge in [0.15, 0.2) is 5.65 Å². The fourth-order valence-electron chi connectivity index (χ4n) is 3.18. The molecule has 0 radical (unpaired) electrons. The minimum Gasteiger partial charge on any atom is -0.402 e. The van der Waals surface area contributed by atoms with Crippen LogP contribution in [0.15, 0.2) is 18.2 Å². The molecule has 1 saturated carbocycles. The Morgan fingerprint density at radius 1 is 1.27 bits per heavy atom. The highest BCUT2D eigenvalue weighted by Gasteiger charge is 2.56. The Kier molecular flexibility index (Phi) is 2.71. The summed E-state index contributed by atoms with van der Waals surface area (Å²) in [6.07, 6.45) is -5.05. The summed E-state index contributed by atoms with van der Waals surface area (Å²) in [6, 6.07) is 4.39. The Bertz CT molecular complexity index is 747. The number of carbonyl (C=O) groups is 1. The summed E-state index contributed by atoms with van der Waals surface area (Å²) < 4.78 is 43.1. The van der Waals surface area contributed by atoms with Gasteiger partial charge in [-0.05, 0) is 37.1 Å². The summed E-state index contributed by atoms with van der Waals surface area (Å²) in [6.45, 7) is 1.71. The third kappa shape index (κ3) is 1.96. The van der Waals surface area contributed by atoms with Crippen LogP contribution in [0.5, 0.6) is 5.88 Å². The van der Waals surface area contributed by atoms with Crippen LogP contribution in [0.25, 0.3) is 5.65 Å².